The first-order valence-corrected chi connectivity index (χ1v) is 14.0. The Bertz CT molecular complexity index is 1190. The molecule has 0 aromatic heterocycles. The molecule has 2 heterocycles. The number of aryl methyl sites for hydroxylation is 2. The van der Waals surface area contributed by atoms with Gasteiger partial charge in [0.1, 0.15) is 6.04 Å². The van der Waals surface area contributed by atoms with Gasteiger partial charge in [-0.05, 0) is 82.1 Å². The first-order chi connectivity index (χ1) is 17.3. The van der Waals surface area contributed by atoms with Crippen LogP contribution in [0.4, 0.5) is 5.69 Å². The number of amides is 2. The second-order valence-electron chi connectivity index (χ2n) is 9.44. The third-order valence-electron chi connectivity index (χ3n) is 6.66. The van der Waals surface area contributed by atoms with Crippen molar-refractivity contribution < 1.29 is 18.0 Å². The van der Waals surface area contributed by atoms with Gasteiger partial charge in [0, 0.05) is 18.1 Å². The highest BCUT2D eigenvalue weighted by molar-refractivity contribution is 7.89. The molecule has 9 heteroatoms. The zero-order chi connectivity index (χ0) is 25.5. The summed E-state index contributed by atoms with van der Waals surface area (Å²) in [5.74, 6) is -0.986. The first kappa shape index (κ1) is 25.9. The summed E-state index contributed by atoms with van der Waals surface area (Å²) in [6.07, 6.45) is 8.25. The van der Waals surface area contributed by atoms with E-state index in [1.807, 2.05) is 31.2 Å². The molecule has 192 valence electrons. The summed E-state index contributed by atoms with van der Waals surface area (Å²) in [4.78, 5) is 27.9. The second-order valence-corrected chi connectivity index (χ2v) is 11.3. The van der Waals surface area contributed by atoms with Crippen LogP contribution in [0.15, 0.2) is 65.8 Å². The molecule has 2 aliphatic heterocycles. The van der Waals surface area contributed by atoms with E-state index >= 15 is 0 Å². The van der Waals surface area contributed by atoms with Crippen molar-refractivity contribution in [1.82, 2.24) is 14.5 Å². The van der Waals surface area contributed by atoms with Crippen LogP contribution in [0.3, 0.4) is 0 Å². The van der Waals surface area contributed by atoms with Gasteiger partial charge in [-0.2, -0.15) is 0 Å². The number of anilines is 1. The van der Waals surface area contributed by atoms with E-state index in [0.717, 1.165) is 29.3 Å². The maximum atomic E-state index is 13.2. The smallest absolute Gasteiger partial charge is 0.264 e. The molecule has 0 radical (unpaired) electrons. The predicted molar refractivity (Wildman–Crippen MR) is 140 cm³/mol. The standard InChI is InChI=1S/C27H34N4O4S/c1-21-7-13-24(14-8-21)36(34,35)31-19-15-28-27(33)25(31)20-26(32)29-23-11-9-22(10-12-23)6-5-18-30-16-3-2-4-17-30/h7-15,19,25H,2-6,16-18,20H2,1H3,(H,28,33)(H,29,32). The molecule has 2 amide bonds. The Kier molecular flexibility index (Phi) is 8.43. The summed E-state index contributed by atoms with van der Waals surface area (Å²) in [5.41, 5.74) is 2.74. The lowest BCUT2D eigenvalue weighted by Crippen LogP contribution is -2.50. The van der Waals surface area contributed by atoms with E-state index < -0.39 is 27.9 Å². The number of benzene rings is 2. The molecule has 1 saturated heterocycles. The molecule has 2 aromatic carbocycles. The van der Waals surface area contributed by atoms with Gasteiger partial charge in [-0.3, -0.25) is 13.9 Å². The molecule has 1 fully saturated rings. The molecule has 1 unspecified atom stereocenters. The van der Waals surface area contributed by atoms with Crippen LogP contribution in [0.5, 0.6) is 0 Å². The normalized spacial score (nSPS) is 18.6. The van der Waals surface area contributed by atoms with Gasteiger partial charge >= 0.3 is 0 Å². The molecular formula is C27H34N4O4S. The van der Waals surface area contributed by atoms with Crippen molar-refractivity contribution in [1.29, 1.82) is 0 Å². The molecule has 0 spiro atoms. The van der Waals surface area contributed by atoms with Crippen molar-refractivity contribution in [3.63, 3.8) is 0 Å². The lowest BCUT2D eigenvalue weighted by molar-refractivity contribution is -0.127. The summed E-state index contributed by atoms with van der Waals surface area (Å²) in [6.45, 7) is 5.37. The van der Waals surface area contributed by atoms with Crippen molar-refractivity contribution in [3.8, 4) is 0 Å². The van der Waals surface area contributed by atoms with Gasteiger partial charge in [-0.1, -0.05) is 36.2 Å². The van der Waals surface area contributed by atoms with Gasteiger partial charge in [-0.15, -0.1) is 0 Å². The van der Waals surface area contributed by atoms with Crippen LogP contribution >= 0.6 is 0 Å². The van der Waals surface area contributed by atoms with Gasteiger partial charge in [-0.25, -0.2) is 8.42 Å². The van der Waals surface area contributed by atoms with Crippen molar-refractivity contribution in [2.45, 2.75) is 56.4 Å². The van der Waals surface area contributed by atoms with E-state index in [1.165, 1.54) is 62.4 Å². The van der Waals surface area contributed by atoms with E-state index in [-0.39, 0.29) is 11.3 Å². The highest BCUT2D eigenvalue weighted by Gasteiger charge is 2.36. The summed E-state index contributed by atoms with van der Waals surface area (Å²) >= 11 is 0. The largest absolute Gasteiger partial charge is 0.329 e. The minimum Gasteiger partial charge on any atom is -0.329 e. The van der Waals surface area contributed by atoms with Crippen LogP contribution in [-0.2, 0) is 26.0 Å². The molecule has 0 saturated carbocycles. The fourth-order valence-electron chi connectivity index (χ4n) is 4.60. The average molecular weight is 511 g/mol. The first-order valence-electron chi connectivity index (χ1n) is 12.5. The van der Waals surface area contributed by atoms with Crippen molar-refractivity contribution in [2.24, 2.45) is 0 Å². The quantitative estimate of drug-likeness (QED) is 0.539. The molecule has 0 aliphatic carbocycles. The van der Waals surface area contributed by atoms with Gasteiger partial charge < -0.3 is 15.5 Å². The Hall–Kier alpha value is -3.17. The molecular weight excluding hydrogens is 476 g/mol. The zero-order valence-electron chi connectivity index (χ0n) is 20.7. The number of sulfonamides is 1. The zero-order valence-corrected chi connectivity index (χ0v) is 21.5. The van der Waals surface area contributed by atoms with E-state index in [0.29, 0.717) is 5.69 Å². The predicted octanol–water partition coefficient (Wildman–Crippen LogP) is 3.40. The Morgan fingerprint density at radius 1 is 1.03 bits per heavy atom. The summed E-state index contributed by atoms with van der Waals surface area (Å²) in [7, 11) is -4.00. The maximum Gasteiger partial charge on any atom is 0.264 e. The number of rotatable bonds is 9. The van der Waals surface area contributed by atoms with Crippen molar-refractivity contribution >= 4 is 27.5 Å². The maximum absolute atomic E-state index is 13.2. The fraction of sp³-hybridized carbons (Fsp3) is 0.407. The van der Waals surface area contributed by atoms with Crippen LogP contribution in [0.25, 0.3) is 0 Å². The number of hydrogen-bond donors (Lipinski definition) is 2. The molecule has 0 bridgehead atoms. The van der Waals surface area contributed by atoms with Gasteiger partial charge in [0.25, 0.3) is 10.0 Å². The number of nitrogens with one attached hydrogen (secondary N) is 2. The highest BCUT2D eigenvalue weighted by Crippen LogP contribution is 2.23. The minimum absolute atomic E-state index is 0.0636. The summed E-state index contributed by atoms with van der Waals surface area (Å²) < 4.78 is 27.3. The van der Waals surface area contributed by atoms with E-state index in [2.05, 4.69) is 15.5 Å². The molecule has 2 aromatic rings. The van der Waals surface area contributed by atoms with Gasteiger partial charge in [0.15, 0.2) is 0 Å². The Labute approximate surface area is 213 Å². The fourth-order valence-corrected chi connectivity index (χ4v) is 6.05. The number of nitrogens with zero attached hydrogens (tertiary/aromatic N) is 2. The van der Waals surface area contributed by atoms with Crippen molar-refractivity contribution in [3.05, 3.63) is 72.1 Å². The van der Waals surface area contributed by atoms with Crippen LogP contribution in [0, 0.1) is 6.92 Å². The average Bonchev–Trinajstić information content (AvgIpc) is 2.87. The van der Waals surface area contributed by atoms with E-state index in [4.69, 9.17) is 0 Å². The molecule has 4 rings (SSSR count). The summed E-state index contributed by atoms with van der Waals surface area (Å²) in [6, 6.07) is 12.9. The monoisotopic (exact) mass is 510 g/mol. The topological polar surface area (TPSA) is 98.8 Å². The minimum atomic E-state index is -4.00. The highest BCUT2D eigenvalue weighted by atomic mass is 32.2. The third kappa shape index (κ3) is 6.53. The van der Waals surface area contributed by atoms with Crippen LogP contribution < -0.4 is 10.6 Å². The Morgan fingerprint density at radius 3 is 2.42 bits per heavy atom. The van der Waals surface area contributed by atoms with Crippen LogP contribution in [0.2, 0.25) is 0 Å². The van der Waals surface area contributed by atoms with Crippen LogP contribution in [-0.4, -0.2) is 55.1 Å². The number of carbonyl (C=O) groups is 2. The molecule has 2 aliphatic rings. The number of carbonyl (C=O) groups excluding carboxylic acids is 2. The number of hydrogen-bond acceptors (Lipinski definition) is 5. The number of piperidine rings is 1. The number of likely N-dealkylation sites (tertiary alicyclic amines) is 1. The van der Waals surface area contributed by atoms with E-state index in [1.54, 1.807) is 12.1 Å². The second kappa shape index (κ2) is 11.7. The van der Waals surface area contributed by atoms with Gasteiger partial charge in [0.2, 0.25) is 11.8 Å². The Morgan fingerprint density at radius 2 is 1.72 bits per heavy atom. The lowest BCUT2D eigenvalue weighted by Gasteiger charge is -2.31. The SMILES string of the molecule is Cc1ccc(S(=O)(=O)N2C=CNC(=O)C2CC(=O)Nc2ccc(CCCN3CCCCC3)cc2)cc1. The van der Waals surface area contributed by atoms with Crippen LogP contribution in [0.1, 0.15) is 43.2 Å². The van der Waals surface area contributed by atoms with Gasteiger partial charge in [0.05, 0.1) is 11.3 Å². The lowest BCUT2D eigenvalue weighted by atomic mass is 10.1. The summed E-state index contributed by atoms with van der Waals surface area (Å²) in [5, 5.41) is 5.30. The van der Waals surface area contributed by atoms with Crippen molar-refractivity contribution in [2.75, 3.05) is 25.0 Å². The molecule has 1 atom stereocenters. The van der Waals surface area contributed by atoms with E-state index in [9.17, 15) is 18.0 Å². The molecule has 2 N–H and O–H groups in total. The molecule has 8 nitrogen and oxygen atoms in total. The third-order valence-corrected chi connectivity index (χ3v) is 8.46. The molecule has 36 heavy (non-hydrogen) atoms. The Balaban J connectivity index is 1.34.